The second-order valence-electron chi connectivity index (χ2n) is 5.58. The van der Waals surface area contributed by atoms with Gasteiger partial charge in [-0.2, -0.15) is 16.7 Å². The van der Waals surface area contributed by atoms with E-state index in [1.54, 1.807) is 0 Å². The molecule has 2 heterocycles. The minimum Gasteiger partial charge on any atom is -0.355 e. The Bertz CT molecular complexity index is 433. The van der Waals surface area contributed by atoms with Crippen LogP contribution in [-0.2, 0) is 0 Å². The van der Waals surface area contributed by atoms with Gasteiger partial charge >= 0.3 is 0 Å². The lowest BCUT2D eigenvalue weighted by atomic mass is 10.1. The molecule has 1 fully saturated rings. The zero-order chi connectivity index (χ0) is 13.9. The summed E-state index contributed by atoms with van der Waals surface area (Å²) in [6.07, 6.45) is 3.11. The number of anilines is 2. The van der Waals surface area contributed by atoms with E-state index in [0.717, 1.165) is 42.7 Å². The number of thioether (sulfide) groups is 1. The Hall–Kier alpha value is -0.970. The average Bonchev–Trinajstić information content (AvgIpc) is 2.53. The van der Waals surface area contributed by atoms with Gasteiger partial charge < -0.3 is 10.2 Å². The van der Waals surface area contributed by atoms with Crippen LogP contribution in [0.3, 0.4) is 0 Å². The third kappa shape index (κ3) is 3.75. The summed E-state index contributed by atoms with van der Waals surface area (Å²) in [6.45, 7) is 11.8. The van der Waals surface area contributed by atoms with Crippen molar-refractivity contribution in [3.63, 3.8) is 0 Å². The molecule has 0 amide bonds. The lowest BCUT2D eigenvalue weighted by molar-refractivity contribution is 0.634. The maximum atomic E-state index is 4.67. The van der Waals surface area contributed by atoms with Crippen LogP contribution in [0, 0.1) is 6.92 Å². The maximum Gasteiger partial charge on any atom is 0.224 e. The Labute approximate surface area is 120 Å². The molecule has 0 saturated carbocycles. The molecule has 0 spiro atoms. The average molecular weight is 280 g/mol. The Morgan fingerprint density at radius 3 is 2.95 bits per heavy atom. The molecule has 0 bridgehead atoms. The first kappa shape index (κ1) is 14.4. The molecule has 0 unspecified atom stereocenters. The Balaban J connectivity index is 2.18. The van der Waals surface area contributed by atoms with Crippen LogP contribution in [0.25, 0.3) is 0 Å². The molecule has 0 aromatic carbocycles. The molecule has 5 heteroatoms. The summed E-state index contributed by atoms with van der Waals surface area (Å²) in [5.74, 6) is 2.98. The number of nitrogens with one attached hydrogen (secondary N) is 1. The Kier molecular flexibility index (Phi) is 4.55. The van der Waals surface area contributed by atoms with Gasteiger partial charge in [-0.15, -0.1) is 0 Å². The molecule has 0 aliphatic carbocycles. The molecule has 106 valence electrons. The van der Waals surface area contributed by atoms with Crippen LogP contribution in [-0.4, -0.2) is 40.1 Å². The van der Waals surface area contributed by atoms with Gasteiger partial charge in [0.2, 0.25) is 5.95 Å². The molecule has 19 heavy (non-hydrogen) atoms. The standard InChI is InChI=1S/C14H24N4S/c1-5-15-13-16-10-11(2)12(17-13)18-7-6-14(3,4)19-9-8-18/h10H,5-9H2,1-4H3,(H,15,16,17). The van der Waals surface area contributed by atoms with Gasteiger partial charge in [-0.05, 0) is 20.3 Å². The lowest BCUT2D eigenvalue weighted by Crippen LogP contribution is -2.28. The highest BCUT2D eigenvalue weighted by Crippen LogP contribution is 2.32. The Morgan fingerprint density at radius 2 is 2.21 bits per heavy atom. The van der Waals surface area contributed by atoms with Gasteiger partial charge in [0.05, 0.1) is 0 Å². The molecule has 0 radical (unpaired) electrons. The first-order valence-corrected chi connectivity index (χ1v) is 7.97. The van der Waals surface area contributed by atoms with E-state index in [1.165, 1.54) is 6.42 Å². The van der Waals surface area contributed by atoms with Crippen molar-refractivity contribution in [3.8, 4) is 0 Å². The summed E-state index contributed by atoms with van der Waals surface area (Å²) in [6, 6.07) is 0. The van der Waals surface area contributed by atoms with Crippen LogP contribution in [0.15, 0.2) is 6.20 Å². The van der Waals surface area contributed by atoms with E-state index in [0.29, 0.717) is 4.75 Å². The smallest absolute Gasteiger partial charge is 0.224 e. The number of rotatable bonds is 3. The fourth-order valence-electron chi connectivity index (χ4n) is 2.23. The molecule has 1 saturated heterocycles. The van der Waals surface area contributed by atoms with Crippen LogP contribution in [0.5, 0.6) is 0 Å². The van der Waals surface area contributed by atoms with Crippen molar-refractivity contribution in [3.05, 3.63) is 11.8 Å². The largest absolute Gasteiger partial charge is 0.355 e. The van der Waals surface area contributed by atoms with E-state index in [9.17, 15) is 0 Å². The van der Waals surface area contributed by atoms with Crippen LogP contribution in [0.4, 0.5) is 11.8 Å². The molecule has 1 aromatic heterocycles. The van der Waals surface area contributed by atoms with Crippen molar-refractivity contribution in [2.75, 3.05) is 35.6 Å². The van der Waals surface area contributed by atoms with Gasteiger partial charge in [0.25, 0.3) is 0 Å². The first-order chi connectivity index (χ1) is 9.02. The summed E-state index contributed by atoms with van der Waals surface area (Å²) in [4.78, 5) is 11.4. The zero-order valence-electron chi connectivity index (χ0n) is 12.4. The second-order valence-corrected chi connectivity index (χ2v) is 7.38. The number of hydrogen-bond donors (Lipinski definition) is 1. The fraction of sp³-hybridized carbons (Fsp3) is 0.714. The second kappa shape index (κ2) is 5.99. The molecule has 0 atom stereocenters. The van der Waals surface area contributed by atoms with E-state index in [4.69, 9.17) is 0 Å². The van der Waals surface area contributed by atoms with Crippen LogP contribution >= 0.6 is 11.8 Å². The monoisotopic (exact) mass is 280 g/mol. The molecular weight excluding hydrogens is 256 g/mol. The first-order valence-electron chi connectivity index (χ1n) is 6.98. The summed E-state index contributed by atoms with van der Waals surface area (Å²) in [7, 11) is 0. The van der Waals surface area contributed by atoms with Gasteiger partial charge in [-0.25, -0.2) is 4.98 Å². The van der Waals surface area contributed by atoms with Crippen LogP contribution < -0.4 is 10.2 Å². The summed E-state index contributed by atoms with van der Waals surface area (Å²) in [5, 5.41) is 3.19. The molecule has 4 nitrogen and oxygen atoms in total. The third-order valence-corrected chi connectivity index (χ3v) is 4.79. The van der Waals surface area contributed by atoms with Gasteiger partial charge in [0.15, 0.2) is 0 Å². The van der Waals surface area contributed by atoms with Gasteiger partial charge in [-0.1, -0.05) is 13.8 Å². The van der Waals surface area contributed by atoms with Crippen molar-refractivity contribution >= 4 is 23.5 Å². The van der Waals surface area contributed by atoms with Gasteiger partial charge in [0, 0.05) is 41.9 Å². The number of nitrogens with zero attached hydrogens (tertiary/aromatic N) is 3. The summed E-state index contributed by atoms with van der Waals surface area (Å²) >= 11 is 2.06. The number of aryl methyl sites for hydroxylation is 1. The third-order valence-electron chi connectivity index (χ3n) is 3.42. The molecule has 1 N–H and O–H groups in total. The summed E-state index contributed by atoms with van der Waals surface area (Å²) in [5.41, 5.74) is 1.16. The zero-order valence-corrected chi connectivity index (χ0v) is 13.2. The van der Waals surface area contributed by atoms with E-state index in [2.05, 4.69) is 59.6 Å². The SMILES string of the molecule is CCNc1ncc(C)c(N2CCSC(C)(C)CC2)n1. The van der Waals surface area contributed by atoms with Gasteiger partial charge in [0.1, 0.15) is 5.82 Å². The minimum absolute atomic E-state index is 0.375. The highest BCUT2D eigenvalue weighted by molar-refractivity contribution is 8.00. The summed E-state index contributed by atoms with van der Waals surface area (Å²) < 4.78 is 0.375. The molecule has 1 aliphatic rings. The molecule has 1 aromatic rings. The van der Waals surface area contributed by atoms with E-state index >= 15 is 0 Å². The minimum atomic E-state index is 0.375. The molecular formula is C14H24N4S. The van der Waals surface area contributed by atoms with E-state index in [1.807, 2.05) is 6.20 Å². The van der Waals surface area contributed by atoms with Gasteiger partial charge in [-0.3, -0.25) is 0 Å². The van der Waals surface area contributed by atoms with E-state index in [-0.39, 0.29) is 0 Å². The predicted molar refractivity (Wildman–Crippen MR) is 84.3 cm³/mol. The normalized spacial score (nSPS) is 19.1. The van der Waals surface area contributed by atoms with Crippen molar-refractivity contribution in [1.29, 1.82) is 0 Å². The maximum absolute atomic E-state index is 4.67. The van der Waals surface area contributed by atoms with Crippen molar-refractivity contribution in [1.82, 2.24) is 9.97 Å². The highest BCUT2D eigenvalue weighted by Gasteiger charge is 2.25. The fourth-order valence-corrected chi connectivity index (χ4v) is 3.33. The highest BCUT2D eigenvalue weighted by atomic mass is 32.2. The lowest BCUT2D eigenvalue weighted by Gasteiger charge is -2.24. The van der Waals surface area contributed by atoms with Crippen molar-refractivity contribution in [2.45, 2.75) is 38.9 Å². The van der Waals surface area contributed by atoms with Crippen molar-refractivity contribution < 1.29 is 0 Å². The molecule has 2 rings (SSSR count). The number of aromatic nitrogens is 2. The quantitative estimate of drug-likeness (QED) is 0.922. The molecule has 1 aliphatic heterocycles. The topological polar surface area (TPSA) is 41.1 Å². The number of hydrogen-bond acceptors (Lipinski definition) is 5. The van der Waals surface area contributed by atoms with Crippen molar-refractivity contribution in [2.24, 2.45) is 0 Å². The predicted octanol–water partition coefficient (Wildman–Crippen LogP) is 2.94. The van der Waals surface area contributed by atoms with E-state index < -0.39 is 0 Å². The Morgan fingerprint density at radius 1 is 1.42 bits per heavy atom. The van der Waals surface area contributed by atoms with Crippen LogP contribution in [0.2, 0.25) is 0 Å². The van der Waals surface area contributed by atoms with Crippen LogP contribution in [0.1, 0.15) is 32.8 Å².